The van der Waals surface area contributed by atoms with Crippen molar-refractivity contribution in [3.8, 4) is 0 Å². The monoisotopic (exact) mass is 309 g/mol. The van der Waals surface area contributed by atoms with Gasteiger partial charge in [0.1, 0.15) is 10.6 Å². The van der Waals surface area contributed by atoms with E-state index in [9.17, 15) is 8.42 Å². The summed E-state index contributed by atoms with van der Waals surface area (Å²) in [7, 11) is -3.60. The third-order valence-corrected chi connectivity index (χ3v) is 6.19. The molecule has 21 heavy (non-hydrogen) atoms. The first kappa shape index (κ1) is 14.3. The highest BCUT2D eigenvalue weighted by atomic mass is 32.2. The van der Waals surface area contributed by atoms with Gasteiger partial charge >= 0.3 is 0 Å². The summed E-state index contributed by atoms with van der Waals surface area (Å²) in [5.41, 5.74) is 1.46. The fourth-order valence-corrected chi connectivity index (χ4v) is 5.06. The Hall–Kier alpha value is -1.60. The first-order valence-electron chi connectivity index (χ1n) is 7.06. The van der Waals surface area contributed by atoms with Gasteiger partial charge in [-0.25, -0.2) is 8.42 Å². The molecule has 0 N–H and O–H groups in total. The molecular weight excluding hydrogens is 290 g/mol. The van der Waals surface area contributed by atoms with Crippen molar-refractivity contribution < 1.29 is 12.9 Å². The Bertz CT molecular complexity index is 741. The highest BCUT2D eigenvalue weighted by molar-refractivity contribution is 7.89. The van der Waals surface area contributed by atoms with Gasteiger partial charge in [-0.3, -0.25) is 0 Å². The molecule has 3 heterocycles. The molecular formula is C14H19N3O3S. The highest BCUT2D eigenvalue weighted by Crippen LogP contribution is 2.35. The van der Waals surface area contributed by atoms with Gasteiger partial charge in [0.2, 0.25) is 10.0 Å². The number of aryl methyl sites for hydroxylation is 2. The van der Waals surface area contributed by atoms with Crippen molar-refractivity contribution in [1.29, 1.82) is 0 Å². The summed E-state index contributed by atoms with van der Waals surface area (Å²) >= 11 is 0. The second kappa shape index (κ2) is 4.99. The number of hydrogen-bond acceptors (Lipinski definition) is 4. The molecule has 0 aromatic carbocycles. The van der Waals surface area contributed by atoms with Gasteiger partial charge in [0.15, 0.2) is 5.76 Å². The summed E-state index contributed by atoms with van der Waals surface area (Å²) in [6.07, 6.45) is 2.73. The molecule has 0 aliphatic carbocycles. The van der Waals surface area contributed by atoms with Crippen LogP contribution in [0.1, 0.15) is 36.5 Å². The largest absolute Gasteiger partial charge is 0.360 e. The SMILES string of the molecule is CC[C@H]1c2cccn2CCN1S(=O)(=O)c1c(C)noc1C. The Kier molecular flexibility index (Phi) is 3.41. The molecule has 0 saturated heterocycles. The Morgan fingerprint density at radius 2 is 2.14 bits per heavy atom. The number of nitrogens with zero attached hydrogens (tertiary/aromatic N) is 3. The number of fused-ring (bicyclic) bond motifs is 1. The average molecular weight is 309 g/mol. The summed E-state index contributed by atoms with van der Waals surface area (Å²) in [6, 6.07) is 3.81. The van der Waals surface area contributed by atoms with Gasteiger partial charge in [0.05, 0.1) is 6.04 Å². The van der Waals surface area contributed by atoms with E-state index in [4.69, 9.17) is 4.52 Å². The van der Waals surface area contributed by atoms with Crippen LogP contribution in [-0.4, -0.2) is 29.0 Å². The zero-order valence-electron chi connectivity index (χ0n) is 12.4. The van der Waals surface area contributed by atoms with E-state index in [-0.39, 0.29) is 10.9 Å². The van der Waals surface area contributed by atoms with E-state index in [2.05, 4.69) is 9.72 Å². The van der Waals surface area contributed by atoms with Crippen LogP contribution in [0.25, 0.3) is 0 Å². The van der Waals surface area contributed by atoms with Gasteiger partial charge < -0.3 is 9.09 Å². The quantitative estimate of drug-likeness (QED) is 0.872. The molecule has 2 aromatic heterocycles. The molecule has 0 fully saturated rings. The summed E-state index contributed by atoms with van der Waals surface area (Å²) in [5.74, 6) is 0.350. The molecule has 114 valence electrons. The minimum atomic E-state index is -3.60. The number of hydrogen-bond donors (Lipinski definition) is 0. The fraction of sp³-hybridized carbons (Fsp3) is 0.500. The van der Waals surface area contributed by atoms with Gasteiger partial charge in [0.25, 0.3) is 0 Å². The third kappa shape index (κ3) is 2.11. The van der Waals surface area contributed by atoms with Crippen LogP contribution in [0.15, 0.2) is 27.7 Å². The maximum atomic E-state index is 13.0. The van der Waals surface area contributed by atoms with Crippen molar-refractivity contribution in [2.75, 3.05) is 6.54 Å². The van der Waals surface area contributed by atoms with Crippen LogP contribution in [-0.2, 0) is 16.6 Å². The zero-order chi connectivity index (χ0) is 15.2. The lowest BCUT2D eigenvalue weighted by molar-refractivity contribution is 0.260. The van der Waals surface area contributed by atoms with E-state index in [0.29, 0.717) is 24.5 Å². The number of aromatic nitrogens is 2. The van der Waals surface area contributed by atoms with E-state index in [1.54, 1.807) is 18.2 Å². The molecule has 0 spiro atoms. The van der Waals surface area contributed by atoms with Gasteiger partial charge in [-0.15, -0.1) is 0 Å². The molecule has 2 aromatic rings. The predicted molar refractivity (Wildman–Crippen MR) is 77.3 cm³/mol. The van der Waals surface area contributed by atoms with Gasteiger partial charge in [0, 0.05) is 25.0 Å². The zero-order valence-corrected chi connectivity index (χ0v) is 13.2. The Labute approximate surface area is 124 Å². The maximum absolute atomic E-state index is 13.0. The third-order valence-electron chi connectivity index (χ3n) is 4.04. The van der Waals surface area contributed by atoms with Crippen LogP contribution in [0.3, 0.4) is 0 Å². The first-order valence-corrected chi connectivity index (χ1v) is 8.50. The van der Waals surface area contributed by atoms with E-state index < -0.39 is 10.0 Å². The van der Waals surface area contributed by atoms with E-state index in [1.165, 1.54) is 0 Å². The summed E-state index contributed by atoms with van der Waals surface area (Å²) in [5, 5.41) is 3.78. The molecule has 1 atom stereocenters. The second-order valence-electron chi connectivity index (χ2n) is 5.32. The fourth-order valence-electron chi connectivity index (χ4n) is 3.10. The molecule has 0 amide bonds. The minimum Gasteiger partial charge on any atom is -0.360 e. The highest BCUT2D eigenvalue weighted by Gasteiger charge is 2.38. The van der Waals surface area contributed by atoms with Crippen molar-refractivity contribution in [2.24, 2.45) is 0 Å². The summed E-state index contributed by atoms with van der Waals surface area (Å²) in [6.45, 7) is 6.44. The van der Waals surface area contributed by atoms with Crippen molar-refractivity contribution in [1.82, 2.24) is 14.0 Å². The smallest absolute Gasteiger partial charge is 0.249 e. The molecule has 0 saturated carbocycles. The van der Waals surface area contributed by atoms with Crippen LogP contribution in [0.2, 0.25) is 0 Å². The first-order chi connectivity index (χ1) is 9.96. The molecule has 0 unspecified atom stereocenters. The van der Waals surface area contributed by atoms with E-state index in [1.807, 2.05) is 25.3 Å². The molecule has 1 aliphatic heterocycles. The molecule has 7 heteroatoms. The summed E-state index contributed by atoms with van der Waals surface area (Å²) in [4.78, 5) is 0.209. The lowest BCUT2D eigenvalue weighted by Gasteiger charge is -2.35. The molecule has 1 aliphatic rings. The van der Waals surface area contributed by atoms with Gasteiger partial charge in [-0.2, -0.15) is 4.31 Å². The van der Waals surface area contributed by atoms with Crippen molar-refractivity contribution in [2.45, 2.75) is 44.7 Å². The second-order valence-corrected chi connectivity index (χ2v) is 7.15. The lowest BCUT2D eigenvalue weighted by Crippen LogP contribution is -2.41. The Balaban J connectivity index is 2.08. The van der Waals surface area contributed by atoms with E-state index >= 15 is 0 Å². The van der Waals surface area contributed by atoms with Gasteiger partial charge in [-0.05, 0) is 32.4 Å². The maximum Gasteiger partial charge on any atom is 0.249 e. The lowest BCUT2D eigenvalue weighted by atomic mass is 10.1. The summed E-state index contributed by atoms with van der Waals surface area (Å²) < 4.78 is 34.7. The topological polar surface area (TPSA) is 68.3 Å². The number of sulfonamides is 1. The van der Waals surface area contributed by atoms with Crippen LogP contribution < -0.4 is 0 Å². The Morgan fingerprint density at radius 1 is 1.38 bits per heavy atom. The van der Waals surface area contributed by atoms with Gasteiger partial charge in [-0.1, -0.05) is 12.1 Å². The number of rotatable bonds is 3. The molecule has 3 rings (SSSR count). The predicted octanol–water partition coefficient (Wildman–Crippen LogP) is 2.25. The molecule has 6 nitrogen and oxygen atoms in total. The van der Waals surface area contributed by atoms with Crippen molar-refractivity contribution in [3.63, 3.8) is 0 Å². The Morgan fingerprint density at radius 3 is 2.76 bits per heavy atom. The van der Waals surface area contributed by atoms with Crippen LogP contribution in [0, 0.1) is 13.8 Å². The van der Waals surface area contributed by atoms with Crippen molar-refractivity contribution >= 4 is 10.0 Å². The minimum absolute atomic E-state index is 0.146. The molecule has 0 radical (unpaired) electrons. The normalized spacial score (nSPS) is 19.7. The van der Waals surface area contributed by atoms with Crippen LogP contribution >= 0.6 is 0 Å². The van der Waals surface area contributed by atoms with Crippen molar-refractivity contribution in [3.05, 3.63) is 35.5 Å². The van der Waals surface area contributed by atoms with E-state index in [0.717, 1.165) is 12.1 Å². The van der Waals surface area contributed by atoms with Crippen LogP contribution in [0.4, 0.5) is 0 Å². The standard InChI is InChI=1S/C14H19N3O3S/c1-4-12-13-6-5-7-16(13)8-9-17(12)21(18,19)14-10(2)15-20-11(14)3/h5-7,12H,4,8-9H2,1-3H3/t12-/m0/s1. The van der Waals surface area contributed by atoms with Crippen LogP contribution in [0.5, 0.6) is 0 Å². The molecule has 0 bridgehead atoms. The average Bonchev–Trinajstić information content (AvgIpc) is 3.04.